The Labute approximate surface area is 108 Å². The van der Waals surface area contributed by atoms with Gasteiger partial charge in [-0.15, -0.1) is 0 Å². The Balaban J connectivity index is 1.85. The summed E-state index contributed by atoms with van der Waals surface area (Å²) in [7, 11) is -3.29. The van der Waals surface area contributed by atoms with Crippen LogP contribution in [0.15, 0.2) is 29.2 Å². The monoisotopic (exact) mass is 266 g/mol. The molecule has 2 heterocycles. The van der Waals surface area contributed by atoms with Gasteiger partial charge in [-0.25, -0.2) is 8.42 Å². The summed E-state index contributed by atoms with van der Waals surface area (Å²) in [6, 6.07) is 7.12. The lowest BCUT2D eigenvalue weighted by Gasteiger charge is -2.17. The quantitative estimate of drug-likeness (QED) is 0.863. The fourth-order valence-electron chi connectivity index (χ4n) is 2.87. The number of rotatable bonds is 2. The number of nitrogens with zero attached hydrogens (tertiary/aromatic N) is 1. The average molecular weight is 266 g/mol. The molecule has 18 heavy (non-hydrogen) atoms. The topological polar surface area (TPSA) is 49.4 Å². The summed E-state index contributed by atoms with van der Waals surface area (Å²) in [5.41, 5.74) is 1.08. The van der Waals surface area contributed by atoms with Crippen LogP contribution in [-0.2, 0) is 10.0 Å². The Kier molecular flexibility index (Phi) is 2.92. The van der Waals surface area contributed by atoms with Gasteiger partial charge in [0.25, 0.3) is 0 Å². The highest BCUT2D eigenvalue weighted by atomic mass is 32.2. The third kappa shape index (κ3) is 1.96. The van der Waals surface area contributed by atoms with Crippen LogP contribution in [0.5, 0.6) is 0 Å². The van der Waals surface area contributed by atoms with Gasteiger partial charge in [-0.2, -0.15) is 4.31 Å². The summed E-state index contributed by atoms with van der Waals surface area (Å²) in [5, 5.41) is 3.32. The molecule has 0 radical (unpaired) electrons. The van der Waals surface area contributed by atoms with Crippen LogP contribution in [0.1, 0.15) is 5.56 Å². The van der Waals surface area contributed by atoms with Gasteiger partial charge in [-0.3, -0.25) is 0 Å². The van der Waals surface area contributed by atoms with E-state index in [0.717, 1.165) is 18.7 Å². The van der Waals surface area contributed by atoms with E-state index in [-0.39, 0.29) is 0 Å². The van der Waals surface area contributed by atoms with Crippen molar-refractivity contribution in [1.29, 1.82) is 0 Å². The van der Waals surface area contributed by atoms with Gasteiger partial charge < -0.3 is 5.32 Å². The zero-order valence-electron chi connectivity index (χ0n) is 10.5. The fraction of sp³-hybridized carbons (Fsp3) is 0.538. The molecule has 2 atom stereocenters. The molecule has 1 aromatic rings. The number of nitrogens with one attached hydrogen (secondary N) is 1. The van der Waals surface area contributed by atoms with E-state index in [9.17, 15) is 8.42 Å². The van der Waals surface area contributed by atoms with Gasteiger partial charge in [0.2, 0.25) is 10.0 Å². The van der Waals surface area contributed by atoms with Crippen LogP contribution >= 0.6 is 0 Å². The Morgan fingerprint density at radius 3 is 2.22 bits per heavy atom. The second-order valence-electron chi connectivity index (χ2n) is 5.31. The zero-order chi connectivity index (χ0) is 12.8. The molecule has 5 heteroatoms. The van der Waals surface area contributed by atoms with E-state index in [4.69, 9.17) is 0 Å². The van der Waals surface area contributed by atoms with E-state index in [0.29, 0.717) is 29.8 Å². The van der Waals surface area contributed by atoms with Crippen molar-refractivity contribution in [3.8, 4) is 0 Å². The average Bonchev–Trinajstić information content (AvgIpc) is 2.89. The molecule has 0 saturated carbocycles. The molecule has 1 aromatic carbocycles. The molecular formula is C13H18N2O2S. The van der Waals surface area contributed by atoms with Crippen molar-refractivity contribution in [2.24, 2.45) is 11.8 Å². The lowest BCUT2D eigenvalue weighted by molar-refractivity contribution is 0.448. The molecule has 2 saturated heterocycles. The predicted molar refractivity (Wildman–Crippen MR) is 69.8 cm³/mol. The second kappa shape index (κ2) is 4.33. The van der Waals surface area contributed by atoms with Gasteiger partial charge in [0.05, 0.1) is 4.90 Å². The minimum atomic E-state index is -3.29. The first kappa shape index (κ1) is 12.1. The van der Waals surface area contributed by atoms with Gasteiger partial charge in [0.1, 0.15) is 0 Å². The molecular weight excluding hydrogens is 248 g/mol. The molecule has 0 amide bonds. The minimum absolute atomic E-state index is 0.418. The Hall–Kier alpha value is -0.910. The van der Waals surface area contributed by atoms with Crippen LogP contribution in [0.4, 0.5) is 0 Å². The first-order valence-corrected chi connectivity index (χ1v) is 7.79. The number of sulfonamides is 1. The number of hydrogen-bond acceptors (Lipinski definition) is 3. The molecule has 2 aliphatic rings. The smallest absolute Gasteiger partial charge is 0.243 e. The Morgan fingerprint density at radius 2 is 1.67 bits per heavy atom. The van der Waals surface area contributed by atoms with E-state index in [2.05, 4.69) is 5.32 Å². The van der Waals surface area contributed by atoms with Crippen LogP contribution in [0.2, 0.25) is 0 Å². The normalized spacial score (nSPS) is 28.5. The van der Waals surface area contributed by atoms with E-state index in [1.165, 1.54) is 0 Å². The number of hydrogen-bond donors (Lipinski definition) is 1. The first-order chi connectivity index (χ1) is 8.57. The van der Waals surface area contributed by atoms with Gasteiger partial charge in [-0.05, 0) is 44.0 Å². The molecule has 2 unspecified atom stereocenters. The van der Waals surface area contributed by atoms with Crippen LogP contribution in [-0.4, -0.2) is 38.9 Å². The lowest BCUT2D eigenvalue weighted by Crippen LogP contribution is -2.31. The highest BCUT2D eigenvalue weighted by molar-refractivity contribution is 7.89. The predicted octanol–water partition coefficient (Wildman–Crippen LogP) is 0.835. The van der Waals surface area contributed by atoms with Gasteiger partial charge >= 0.3 is 0 Å². The lowest BCUT2D eigenvalue weighted by atomic mass is 10.0. The third-order valence-electron chi connectivity index (χ3n) is 4.01. The maximum atomic E-state index is 12.5. The molecule has 0 aliphatic carbocycles. The van der Waals surface area contributed by atoms with Crippen LogP contribution in [0.25, 0.3) is 0 Å². The molecule has 2 aliphatic heterocycles. The second-order valence-corrected chi connectivity index (χ2v) is 7.25. The van der Waals surface area contributed by atoms with Gasteiger partial charge in [-0.1, -0.05) is 17.7 Å². The molecule has 4 nitrogen and oxygen atoms in total. The van der Waals surface area contributed by atoms with E-state index >= 15 is 0 Å². The fourth-order valence-corrected chi connectivity index (χ4v) is 4.42. The van der Waals surface area contributed by atoms with Crippen molar-refractivity contribution in [2.45, 2.75) is 11.8 Å². The first-order valence-electron chi connectivity index (χ1n) is 6.35. The van der Waals surface area contributed by atoms with Gasteiger partial charge in [0, 0.05) is 13.1 Å². The van der Waals surface area contributed by atoms with Crippen molar-refractivity contribution < 1.29 is 8.42 Å². The molecule has 0 bridgehead atoms. The molecule has 1 N–H and O–H groups in total. The summed E-state index contributed by atoms with van der Waals surface area (Å²) in [6.45, 7) is 5.18. The minimum Gasteiger partial charge on any atom is -0.316 e. The summed E-state index contributed by atoms with van der Waals surface area (Å²) >= 11 is 0. The summed E-state index contributed by atoms with van der Waals surface area (Å²) in [4.78, 5) is 0.418. The van der Waals surface area contributed by atoms with Crippen molar-refractivity contribution in [1.82, 2.24) is 9.62 Å². The van der Waals surface area contributed by atoms with Crippen LogP contribution in [0, 0.1) is 18.8 Å². The van der Waals surface area contributed by atoms with Crippen molar-refractivity contribution in [2.75, 3.05) is 26.2 Å². The SMILES string of the molecule is Cc1ccc(S(=O)(=O)N2CC3CNCC3C2)cc1. The maximum Gasteiger partial charge on any atom is 0.243 e. The van der Waals surface area contributed by atoms with Crippen molar-refractivity contribution in [3.63, 3.8) is 0 Å². The summed E-state index contributed by atoms with van der Waals surface area (Å²) in [5.74, 6) is 0.982. The van der Waals surface area contributed by atoms with Crippen LogP contribution in [0.3, 0.4) is 0 Å². The molecule has 0 spiro atoms. The maximum absolute atomic E-state index is 12.5. The van der Waals surface area contributed by atoms with Gasteiger partial charge in [0.15, 0.2) is 0 Å². The largest absolute Gasteiger partial charge is 0.316 e. The van der Waals surface area contributed by atoms with Crippen molar-refractivity contribution in [3.05, 3.63) is 29.8 Å². The molecule has 2 fully saturated rings. The van der Waals surface area contributed by atoms with E-state index in [1.807, 2.05) is 19.1 Å². The van der Waals surface area contributed by atoms with E-state index < -0.39 is 10.0 Å². The molecule has 3 rings (SSSR count). The van der Waals surface area contributed by atoms with E-state index in [1.54, 1.807) is 16.4 Å². The summed E-state index contributed by atoms with van der Waals surface area (Å²) < 4.78 is 26.6. The zero-order valence-corrected chi connectivity index (χ0v) is 11.3. The number of aryl methyl sites for hydroxylation is 1. The molecule has 98 valence electrons. The molecule has 0 aromatic heterocycles. The summed E-state index contributed by atoms with van der Waals surface area (Å²) in [6.07, 6.45) is 0. The third-order valence-corrected chi connectivity index (χ3v) is 5.86. The van der Waals surface area contributed by atoms with Crippen molar-refractivity contribution >= 4 is 10.0 Å². The highest BCUT2D eigenvalue weighted by Crippen LogP contribution is 2.30. The Bertz CT molecular complexity index is 527. The standard InChI is InChI=1S/C13H18N2O2S/c1-10-2-4-13(5-3-10)18(16,17)15-8-11-6-14-7-12(11)9-15/h2-5,11-12,14H,6-9H2,1H3. The number of fused-ring (bicyclic) bond motifs is 1. The van der Waals surface area contributed by atoms with Crippen LogP contribution < -0.4 is 5.32 Å². The highest BCUT2D eigenvalue weighted by Gasteiger charge is 2.41. The number of benzene rings is 1. The Morgan fingerprint density at radius 1 is 1.11 bits per heavy atom.